The smallest absolute Gasteiger partial charge is 0.111 e. The Balaban J connectivity index is 1.55. The summed E-state index contributed by atoms with van der Waals surface area (Å²) in [4.78, 5) is 0. The Labute approximate surface area is 173 Å². The maximum atomic E-state index is 11.4. The van der Waals surface area contributed by atoms with E-state index in [2.05, 4.69) is 54.7 Å². The predicted octanol–water partition coefficient (Wildman–Crippen LogP) is 4.97. The van der Waals surface area contributed by atoms with Gasteiger partial charge in [-0.25, -0.2) is 0 Å². The molecule has 29 heavy (non-hydrogen) atoms. The molecule has 0 saturated carbocycles. The lowest BCUT2D eigenvalue weighted by Gasteiger charge is -2.43. The van der Waals surface area contributed by atoms with Crippen molar-refractivity contribution in [2.75, 3.05) is 6.54 Å². The molecule has 0 radical (unpaired) electrons. The molecule has 2 unspecified atom stereocenters. The number of fused-ring (bicyclic) bond motifs is 1. The van der Waals surface area contributed by atoms with Gasteiger partial charge in [-0.1, -0.05) is 84.9 Å². The molecule has 3 aromatic carbocycles. The fraction of sp³-hybridized carbons (Fsp3) is 0.308. The molecule has 0 aromatic heterocycles. The van der Waals surface area contributed by atoms with Gasteiger partial charge in [0.05, 0.1) is 6.61 Å². The van der Waals surface area contributed by atoms with Crippen molar-refractivity contribution in [2.45, 2.75) is 44.1 Å². The van der Waals surface area contributed by atoms with Crippen LogP contribution in [-0.2, 0) is 17.8 Å². The SMILES string of the molecule is C[C@H](NCC1(OCc2ccccc2)CCc2ccccc2C1O)c1ccccc1. The highest BCUT2D eigenvalue weighted by molar-refractivity contribution is 5.34. The van der Waals surface area contributed by atoms with E-state index in [1.807, 2.05) is 42.5 Å². The fourth-order valence-corrected chi connectivity index (χ4v) is 4.17. The summed E-state index contributed by atoms with van der Waals surface area (Å²) in [7, 11) is 0. The van der Waals surface area contributed by atoms with E-state index in [9.17, 15) is 5.11 Å². The zero-order valence-corrected chi connectivity index (χ0v) is 16.9. The molecule has 150 valence electrons. The molecule has 1 aliphatic rings. The largest absolute Gasteiger partial charge is 0.385 e. The Bertz CT molecular complexity index is 912. The van der Waals surface area contributed by atoms with E-state index in [0.29, 0.717) is 13.2 Å². The highest BCUT2D eigenvalue weighted by atomic mass is 16.5. The van der Waals surface area contributed by atoms with Crippen molar-refractivity contribution < 1.29 is 9.84 Å². The van der Waals surface area contributed by atoms with Crippen LogP contribution in [-0.4, -0.2) is 17.3 Å². The van der Waals surface area contributed by atoms with Gasteiger partial charge in [-0.3, -0.25) is 0 Å². The van der Waals surface area contributed by atoms with E-state index >= 15 is 0 Å². The first kappa shape index (κ1) is 19.8. The minimum atomic E-state index is -0.661. The molecule has 0 fully saturated rings. The minimum absolute atomic E-state index is 0.178. The van der Waals surface area contributed by atoms with E-state index in [4.69, 9.17) is 4.74 Å². The fourth-order valence-electron chi connectivity index (χ4n) is 4.17. The number of ether oxygens (including phenoxy) is 1. The van der Waals surface area contributed by atoms with Gasteiger partial charge >= 0.3 is 0 Å². The van der Waals surface area contributed by atoms with Crippen LogP contribution in [0.3, 0.4) is 0 Å². The molecule has 0 amide bonds. The van der Waals surface area contributed by atoms with Crippen LogP contribution < -0.4 is 5.32 Å². The van der Waals surface area contributed by atoms with Crippen LogP contribution in [0.15, 0.2) is 84.9 Å². The number of aryl methyl sites for hydroxylation is 1. The average molecular weight is 388 g/mol. The van der Waals surface area contributed by atoms with Crippen molar-refractivity contribution in [2.24, 2.45) is 0 Å². The van der Waals surface area contributed by atoms with Gasteiger partial charge in [-0.15, -0.1) is 0 Å². The van der Waals surface area contributed by atoms with Gasteiger partial charge in [0, 0.05) is 12.6 Å². The van der Waals surface area contributed by atoms with Gasteiger partial charge in [0.1, 0.15) is 11.7 Å². The third kappa shape index (κ3) is 4.43. The maximum absolute atomic E-state index is 11.4. The Morgan fingerprint density at radius 3 is 2.38 bits per heavy atom. The van der Waals surface area contributed by atoms with Gasteiger partial charge in [-0.2, -0.15) is 0 Å². The van der Waals surface area contributed by atoms with E-state index in [1.54, 1.807) is 0 Å². The number of nitrogens with one attached hydrogen (secondary N) is 1. The molecule has 0 aliphatic heterocycles. The van der Waals surface area contributed by atoms with Crippen LogP contribution in [0.1, 0.15) is 47.7 Å². The number of rotatable bonds is 7. The summed E-state index contributed by atoms with van der Waals surface area (Å²) in [6.07, 6.45) is 1.03. The summed E-state index contributed by atoms with van der Waals surface area (Å²) in [6, 6.07) is 28.9. The third-order valence-electron chi connectivity index (χ3n) is 6.04. The summed E-state index contributed by atoms with van der Waals surface area (Å²) in [5.74, 6) is 0. The standard InChI is InChI=1S/C26H29NO2/c1-20(22-12-6-3-7-13-22)27-19-26(29-18-21-10-4-2-5-11-21)17-16-23-14-8-9-15-24(23)25(26)28/h2-15,20,25,27-28H,16-19H2,1H3/t20-,25?,26?/m0/s1. The van der Waals surface area contributed by atoms with Crippen LogP contribution in [0, 0.1) is 0 Å². The van der Waals surface area contributed by atoms with Gasteiger partial charge in [0.15, 0.2) is 0 Å². The van der Waals surface area contributed by atoms with Crippen molar-refractivity contribution in [3.8, 4) is 0 Å². The molecule has 4 rings (SSSR count). The van der Waals surface area contributed by atoms with Crippen LogP contribution in [0.4, 0.5) is 0 Å². The van der Waals surface area contributed by atoms with Crippen LogP contribution in [0.2, 0.25) is 0 Å². The number of benzene rings is 3. The summed E-state index contributed by atoms with van der Waals surface area (Å²) >= 11 is 0. The summed E-state index contributed by atoms with van der Waals surface area (Å²) in [5.41, 5.74) is 3.90. The summed E-state index contributed by atoms with van der Waals surface area (Å²) in [6.45, 7) is 3.23. The average Bonchev–Trinajstić information content (AvgIpc) is 2.79. The second-order valence-electron chi connectivity index (χ2n) is 7.95. The lowest BCUT2D eigenvalue weighted by Crippen LogP contribution is -2.50. The second-order valence-corrected chi connectivity index (χ2v) is 7.95. The van der Waals surface area contributed by atoms with E-state index in [1.165, 1.54) is 11.1 Å². The highest BCUT2D eigenvalue weighted by Crippen LogP contribution is 2.40. The van der Waals surface area contributed by atoms with Crippen LogP contribution >= 0.6 is 0 Å². The first-order valence-electron chi connectivity index (χ1n) is 10.4. The topological polar surface area (TPSA) is 41.5 Å². The lowest BCUT2D eigenvalue weighted by molar-refractivity contribution is -0.142. The van der Waals surface area contributed by atoms with Crippen molar-refractivity contribution in [3.63, 3.8) is 0 Å². The molecule has 3 atom stereocenters. The molecule has 0 spiro atoms. The Hall–Kier alpha value is -2.46. The maximum Gasteiger partial charge on any atom is 0.111 e. The van der Waals surface area contributed by atoms with E-state index in [0.717, 1.165) is 24.0 Å². The zero-order valence-electron chi connectivity index (χ0n) is 16.9. The molecule has 2 N–H and O–H groups in total. The second kappa shape index (κ2) is 8.91. The van der Waals surface area contributed by atoms with Crippen LogP contribution in [0.5, 0.6) is 0 Å². The molecule has 0 heterocycles. The lowest BCUT2D eigenvalue weighted by atomic mass is 9.77. The molecule has 3 nitrogen and oxygen atoms in total. The first-order chi connectivity index (χ1) is 14.2. The number of hydrogen-bond acceptors (Lipinski definition) is 3. The molecular formula is C26H29NO2. The minimum Gasteiger partial charge on any atom is -0.385 e. The van der Waals surface area contributed by atoms with Crippen molar-refractivity contribution >= 4 is 0 Å². The number of aliphatic hydroxyl groups is 1. The highest BCUT2D eigenvalue weighted by Gasteiger charge is 2.43. The summed E-state index contributed by atoms with van der Waals surface area (Å²) < 4.78 is 6.50. The van der Waals surface area contributed by atoms with Crippen molar-refractivity contribution in [1.29, 1.82) is 0 Å². The molecular weight excluding hydrogens is 358 g/mol. The number of aliphatic hydroxyl groups excluding tert-OH is 1. The van der Waals surface area contributed by atoms with Gasteiger partial charge in [0.25, 0.3) is 0 Å². The van der Waals surface area contributed by atoms with Crippen molar-refractivity contribution in [3.05, 3.63) is 107 Å². The third-order valence-corrected chi connectivity index (χ3v) is 6.04. The van der Waals surface area contributed by atoms with Gasteiger partial charge in [-0.05, 0) is 42.0 Å². The van der Waals surface area contributed by atoms with Gasteiger partial charge in [0.2, 0.25) is 0 Å². The Morgan fingerprint density at radius 1 is 0.966 bits per heavy atom. The predicted molar refractivity (Wildman–Crippen MR) is 117 cm³/mol. The molecule has 3 aromatic rings. The van der Waals surface area contributed by atoms with E-state index in [-0.39, 0.29) is 6.04 Å². The summed E-state index contributed by atoms with van der Waals surface area (Å²) in [5, 5.41) is 15.0. The van der Waals surface area contributed by atoms with Crippen LogP contribution in [0.25, 0.3) is 0 Å². The quantitative estimate of drug-likeness (QED) is 0.601. The zero-order chi connectivity index (χ0) is 20.1. The molecule has 1 aliphatic carbocycles. The van der Waals surface area contributed by atoms with Crippen molar-refractivity contribution in [1.82, 2.24) is 5.32 Å². The number of hydrogen-bond donors (Lipinski definition) is 2. The molecule has 3 heteroatoms. The molecule has 0 saturated heterocycles. The normalized spacial score (nSPS) is 22.1. The van der Waals surface area contributed by atoms with Gasteiger partial charge < -0.3 is 15.2 Å². The Morgan fingerprint density at radius 2 is 1.62 bits per heavy atom. The monoisotopic (exact) mass is 387 g/mol. The molecule has 0 bridgehead atoms. The van der Waals surface area contributed by atoms with E-state index < -0.39 is 11.7 Å². The first-order valence-corrected chi connectivity index (χ1v) is 10.4. The Kier molecular flexibility index (Phi) is 6.10.